The van der Waals surface area contributed by atoms with Crippen molar-refractivity contribution in [1.29, 1.82) is 0 Å². The maximum Gasteiger partial charge on any atom is 0.0242 e. The van der Waals surface area contributed by atoms with Gasteiger partial charge < -0.3 is 0 Å². The second-order valence-electron chi connectivity index (χ2n) is 5.74. The van der Waals surface area contributed by atoms with Gasteiger partial charge in [0.2, 0.25) is 0 Å². The van der Waals surface area contributed by atoms with E-state index in [-0.39, 0.29) is 0 Å². The lowest BCUT2D eigenvalue weighted by Crippen LogP contribution is -2.40. The van der Waals surface area contributed by atoms with Crippen LogP contribution < -0.4 is 0 Å². The summed E-state index contributed by atoms with van der Waals surface area (Å²) in [4.78, 5) is 2.69. The van der Waals surface area contributed by atoms with Gasteiger partial charge in [0.1, 0.15) is 0 Å². The van der Waals surface area contributed by atoms with Gasteiger partial charge in [-0.25, -0.2) is 0 Å². The van der Waals surface area contributed by atoms with Crippen LogP contribution >= 0.6 is 15.9 Å². The summed E-state index contributed by atoms with van der Waals surface area (Å²) in [6.45, 7) is 2.30. The summed E-state index contributed by atoms with van der Waals surface area (Å²) in [5.74, 6) is 0. The average Bonchev–Trinajstić information content (AvgIpc) is 2.43. The van der Waals surface area contributed by atoms with Crippen LogP contribution in [0.25, 0.3) is 10.8 Å². The van der Waals surface area contributed by atoms with E-state index in [9.17, 15) is 0 Å². The van der Waals surface area contributed by atoms with Crippen molar-refractivity contribution in [2.45, 2.75) is 38.3 Å². The van der Waals surface area contributed by atoms with E-state index in [2.05, 4.69) is 63.3 Å². The van der Waals surface area contributed by atoms with E-state index in [0.29, 0.717) is 0 Å². The molecule has 2 aromatic rings. The molecule has 1 aliphatic rings. The highest BCUT2D eigenvalue weighted by Gasteiger charge is 2.24. The molecule has 0 atom stereocenters. The molecule has 0 amide bonds. The molecule has 0 heterocycles. The highest BCUT2D eigenvalue weighted by Crippen LogP contribution is 2.28. The zero-order valence-corrected chi connectivity index (χ0v) is 13.5. The van der Waals surface area contributed by atoms with E-state index in [4.69, 9.17) is 0 Å². The number of hydrogen-bond acceptors (Lipinski definition) is 1. The molecule has 0 radical (unpaired) electrons. The first-order chi connectivity index (χ1) is 9.88. The van der Waals surface area contributed by atoms with Gasteiger partial charge in [0.25, 0.3) is 0 Å². The lowest BCUT2D eigenvalue weighted by atomic mass is 9.90. The fourth-order valence-corrected chi connectivity index (χ4v) is 3.31. The highest BCUT2D eigenvalue weighted by molar-refractivity contribution is 9.09. The minimum Gasteiger partial charge on any atom is -0.296 e. The Bertz CT molecular complexity index is 557. The van der Waals surface area contributed by atoms with Crippen LogP contribution in [0.3, 0.4) is 0 Å². The molecule has 3 rings (SSSR count). The summed E-state index contributed by atoms with van der Waals surface area (Å²) in [7, 11) is 0. The van der Waals surface area contributed by atoms with Crippen molar-refractivity contribution in [1.82, 2.24) is 4.90 Å². The zero-order valence-electron chi connectivity index (χ0n) is 11.9. The third kappa shape index (κ3) is 3.07. The highest BCUT2D eigenvalue weighted by atomic mass is 79.9. The Morgan fingerprint density at radius 3 is 2.60 bits per heavy atom. The van der Waals surface area contributed by atoms with E-state index in [0.717, 1.165) is 17.9 Å². The van der Waals surface area contributed by atoms with E-state index < -0.39 is 0 Å². The summed E-state index contributed by atoms with van der Waals surface area (Å²) >= 11 is 3.57. The molecule has 1 fully saturated rings. The van der Waals surface area contributed by atoms with Crippen LogP contribution in [-0.4, -0.2) is 22.8 Å². The van der Waals surface area contributed by atoms with E-state index in [1.807, 2.05) is 0 Å². The molecular weight excluding hydrogens is 310 g/mol. The topological polar surface area (TPSA) is 3.24 Å². The van der Waals surface area contributed by atoms with Crippen molar-refractivity contribution in [2.75, 3.05) is 11.9 Å². The van der Waals surface area contributed by atoms with Crippen molar-refractivity contribution in [3.63, 3.8) is 0 Å². The molecule has 0 saturated heterocycles. The predicted octanol–water partition coefficient (Wildman–Crippen LogP) is 4.98. The predicted molar refractivity (Wildman–Crippen MR) is 90.4 cm³/mol. The number of fused-ring (bicyclic) bond motifs is 1. The Hall–Kier alpha value is -0.860. The lowest BCUT2D eigenvalue weighted by molar-refractivity contribution is 0.120. The van der Waals surface area contributed by atoms with Gasteiger partial charge in [-0.15, -0.1) is 0 Å². The molecule has 0 unspecified atom stereocenters. The first-order valence-electron chi connectivity index (χ1n) is 7.65. The molecule has 0 aliphatic heterocycles. The van der Waals surface area contributed by atoms with Crippen LogP contribution in [0, 0.1) is 0 Å². The number of hydrogen-bond donors (Lipinski definition) is 0. The number of rotatable bonds is 6. The van der Waals surface area contributed by atoms with Crippen LogP contribution in [0.5, 0.6) is 0 Å². The molecule has 0 aromatic heterocycles. The summed E-state index contributed by atoms with van der Waals surface area (Å²) in [5.41, 5.74) is 1.48. The minimum atomic E-state index is 0.813. The summed E-state index contributed by atoms with van der Waals surface area (Å²) in [6.07, 6.45) is 5.41. The van der Waals surface area contributed by atoms with Gasteiger partial charge in [-0.3, -0.25) is 4.90 Å². The van der Waals surface area contributed by atoms with Gasteiger partial charge in [-0.2, -0.15) is 0 Å². The molecule has 0 bridgehead atoms. The second-order valence-corrected chi connectivity index (χ2v) is 6.53. The third-order valence-corrected chi connectivity index (χ3v) is 4.98. The Kier molecular flexibility index (Phi) is 4.74. The van der Waals surface area contributed by atoms with Crippen molar-refractivity contribution in [2.24, 2.45) is 0 Å². The van der Waals surface area contributed by atoms with Crippen LogP contribution in [0.2, 0.25) is 0 Å². The molecule has 20 heavy (non-hydrogen) atoms. The Morgan fingerprint density at radius 1 is 1.05 bits per heavy atom. The maximum absolute atomic E-state index is 3.57. The number of halogens is 1. The SMILES string of the molecule is BrCCCN(Cc1cccc2ccccc12)C1CCC1. The van der Waals surface area contributed by atoms with E-state index in [1.165, 1.54) is 48.6 Å². The van der Waals surface area contributed by atoms with Crippen LogP contribution in [0.4, 0.5) is 0 Å². The molecule has 1 saturated carbocycles. The molecule has 0 spiro atoms. The van der Waals surface area contributed by atoms with Gasteiger partial charge in [0.05, 0.1) is 0 Å². The van der Waals surface area contributed by atoms with Crippen molar-refractivity contribution >= 4 is 26.7 Å². The first kappa shape index (κ1) is 14.1. The largest absolute Gasteiger partial charge is 0.296 e. The van der Waals surface area contributed by atoms with Crippen molar-refractivity contribution in [3.8, 4) is 0 Å². The summed E-state index contributed by atoms with van der Waals surface area (Å²) < 4.78 is 0. The van der Waals surface area contributed by atoms with Gasteiger partial charge in [0.15, 0.2) is 0 Å². The Labute approximate surface area is 130 Å². The minimum absolute atomic E-state index is 0.813. The molecule has 1 aliphatic carbocycles. The second kappa shape index (κ2) is 6.73. The normalized spacial score (nSPS) is 15.7. The average molecular weight is 332 g/mol. The maximum atomic E-state index is 3.57. The standard InChI is InChI=1S/C18H22BrN/c19-12-5-13-20(17-9-4-10-17)14-16-8-3-7-15-6-1-2-11-18(15)16/h1-3,6-8,11,17H,4-5,9-10,12-14H2. The quantitative estimate of drug-likeness (QED) is 0.675. The third-order valence-electron chi connectivity index (χ3n) is 4.42. The summed E-state index contributed by atoms with van der Waals surface area (Å²) in [5, 5.41) is 3.88. The van der Waals surface area contributed by atoms with Gasteiger partial charge in [-0.1, -0.05) is 64.8 Å². The van der Waals surface area contributed by atoms with E-state index in [1.54, 1.807) is 0 Å². The van der Waals surface area contributed by atoms with Crippen molar-refractivity contribution < 1.29 is 0 Å². The molecule has 2 aromatic carbocycles. The van der Waals surface area contributed by atoms with Gasteiger partial charge >= 0.3 is 0 Å². The van der Waals surface area contributed by atoms with Crippen molar-refractivity contribution in [3.05, 3.63) is 48.0 Å². The number of alkyl halides is 1. The van der Waals surface area contributed by atoms with Crippen LogP contribution in [0.1, 0.15) is 31.2 Å². The smallest absolute Gasteiger partial charge is 0.0242 e. The monoisotopic (exact) mass is 331 g/mol. The van der Waals surface area contributed by atoms with E-state index >= 15 is 0 Å². The molecule has 106 valence electrons. The molecule has 0 N–H and O–H groups in total. The molecule has 2 heteroatoms. The van der Waals surface area contributed by atoms with Gasteiger partial charge in [-0.05, 0) is 42.1 Å². The molecule has 1 nitrogen and oxygen atoms in total. The Balaban J connectivity index is 1.82. The fourth-order valence-electron chi connectivity index (χ4n) is 3.05. The van der Waals surface area contributed by atoms with Crippen LogP contribution in [-0.2, 0) is 6.54 Å². The van der Waals surface area contributed by atoms with Crippen LogP contribution in [0.15, 0.2) is 42.5 Å². The summed E-state index contributed by atoms with van der Waals surface area (Å²) in [6, 6.07) is 16.3. The molecular formula is C18H22BrN. The number of nitrogens with zero attached hydrogens (tertiary/aromatic N) is 1. The lowest BCUT2D eigenvalue weighted by Gasteiger charge is -2.37. The first-order valence-corrected chi connectivity index (χ1v) is 8.77. The Morgan fingerprint density at radius 2 is 1.85 bits per heavy atom. The zero-order chi connectivity index (χ0) is 13.8. The fraction of sp³-hybridized carbons (Fsp3) is 0.444. The number of benzene rings is 2. The van der Waals surface area contributed by atoms with Gasteiger partial charge in [0, 0.05) is 17.9 Å².